The molecule has 0 unspecified atom stereocenters. The highest BCUT2D eigenvalue weighted by Gasteiger charge is 2.06. The lowest BCUT2D eigenvalue weighted by atomic mass is 10.1. The van der Waals surface area contributed by atoms with Crippen molar-refractivity contribution in [2.45, 2.75) is 6.54 Å². The first-order chi connectivity index (χ1) is 9.06. The zero-order valence-electron chi connectivity index (χ0n) is 10.6. The van der Waals surface area contributed by atoms with Crippen LogP contribution in [0.15, 0.2) is 48.5 Å². The summed E-state index contributed by atoms with van der Waals surface area (Å²) < 4.78 is 0. The molecule has 0 saturated heterocycles. The van der Waals surface area contributed by atoms with Crippen molar-refractivity contribution in [2.75, 3.05) is 11.9 Å². The van der Waals surface area contributed by atoms with Gasteiger partial charge in [0.1, 0.15) is 0 Å². The molecule has 1 amide bonds. The van der Waals surface area contributed by atoms with Gasteiger partial charge in [0.2, 0.25) is 5.91 Å². The fourth-order valence-corrected chi connectivity index (χ4v) is 2.11. The minimum absolute atomic E-state index is 0.419. The molecule has 0 aliphatic rings. The average Bonchev–Trinajstić information content (AvgIpc) is 2.39. The zero-order chi connectivity index (χ0) is 13.8. The summed E-state index contributed by atoms with van der Waals surface area (Å²) in [5.74, 6) is -0.419. The third-order valence-corrected chi connectivity index (χ3v) is 3.12. The van der Waals surface area contributed by atoms with Gasteiger partial charge < -0.3 is 10.6 Å². The first-order valence-corrected chi connectivity index (χ1v) is 6.29. The Morgan fingerprint density at radius 3 is 2.63 bits per heavy atom. The Morgan fingerprint density at radius 2 is 1.95 bits per heavy atom. The van der Waals surface area contributed by atoms with E-state index in [1.54, 1.807) is 12.1 Å². The molecular weight excluding hydrogens is 260 g/mol. The molecular formula is C15H15ClN2O. The van der Waals surface area contributed by atoms with Crippen LogP contribution in [-0.2, 0) is 6.54 Å². The number of hydrogen-bond acceptors (Lipinski definition) is 2. The number of amides is 1. The molecule has 0 aromatic heterocycles. The Hall–Kier alpha value is -2.00. The third kappa shape index (κ3) is 3.48. The van der Waals surface area contributed by atoms with Crippen LogP contribution in [0.1, 0.15) is 15.9 Å². The van der Waals surface area contributed by atoms with Gasteiger partial charge in [-0.1, -0.05) is 29.8 Å². The molecule has 4 heteroatoms. The number of carbonyl (C=O) groups is 1. The standard InChI is InChI=1S/C15H15ClN2O/c1-18(10-11-4-2-6-13(16)8-11)14-7-3-5-12(9-14)15(17)19/h2-9H,10H2,1H3,(H2,17,19). The predicted molar refractivity (Wildman–Crippen MR) is 78.5 cm³/mol. The van der Waals surface area contributed by atoms with E-state index in [1.807, 2.05) is 48.3 Å². The Bertz CT molecular complexity index is 598. The summed E-state index contributed by atoms with van der Waals surface area (Å²) in [7, 11) is 1.96. The summed E-state index contributed by atoms with van der Waals surface area (Å²) in [6.45, 7) is 0.711. The van der Waals surface area contributed by atoms with Gasteiger partial charge in [-0.3, -0.25) is 4.79 Å². The Morgan fingerprint density at radius 1 is 1.21 bits per heavy atom. The molecule has 0 bridgehead atoms. The normalized spacial score (nSPS) is 10.2. The summed E-state index contributed by atoms with van der Waals surface area (Å²) in [6, 6.07) is 15.0. The quantitative estimate of drug-likeness (QED) is 0.931. The highest BCUT2D eigenvalue weighted by atomic mass is 35.5. The Balaban J connectivity index is 2.18. The second-order valence-electron chi connectivity index (χ2n) is 4.40. The van der Waals surface area contributed by atoms with Gasteiger partial charge in [-0.2, -0.15) is 0 Å². The van der Waals surface area contributed by atoms with Crippen LogP contribution in [0.5, 0.6) is 0 Å². The van der Waals surface area contributed by atoms with Crippen LogP contribution >= 0.6 is 11.6 Å². The predicted octanol–water partition coefficient (Wildman–Crippen LogP) is 3.08. The third-order valence-electron chi connectivity index (χ3n) is 2.88. The van der Waals surface area contributed by atoms with E-state index in [0.29, 0.717) is 12.1 Å². The highest BCUT2D eigenvalue weighted by Crippen LogP contribution is 2.18. The Kier molecular flexibility index (Phi) is 4.07. The van der Waals surface area contributed by atoms with Gasteiger partial charge in [0.05, 0.1) is 0 Å². The lowest BCUT2D eigenvalue weighted by molar-refractivity contribution is 0.100. The first kappa shape index (κ1) is 13.4. The molecule has 2 aromatic rings. The number of anilines is 1. The van der Waals surface area contributed by atoms with Crippen LogP contribution in [0.2, 0.25) is 5.02 Å². The van der Waals surface area contributed by atoms with E-state index in [0.717, 1.165) is 16.3 Å². The fourth-order valence-electron chi connectivity index (χ4n) is 1.90. The minimum Gasteiger partial charge on any atom is -0.370 e. The van der Waals surface area contributed by atoms with Crippen molar-refractivity contribution in [1.82, 2.24) is 0 Å². The van der Waals surface area contributed by atoms with E-state index < -0.39 is 5.91 Å². The molecule has 0 aliphatic heterocycles. The molecule has 0 atom stereocenters. The SMILES string of the molecule is CN(Cc1cccc(Cl)c1)c1cccc(C(N)=O)c1. The molecule has 0 spiro atoms. The number of rotatable bonds is 4. The highest BCUT2D eigenvalue weighted by molar-refractivity contribution is 6.30. The van der Waals surface area contributed by atoms with Crippen molar-refractivity contribution in [3.8, 4) is 0 Å². The van der Waals surface area contributed by atoms with Crippen LogP contribution in [0, 0.1) is 0 Å². The van der Waals surface area contributed by atoms with Gasteiger partial charge in [-0.15, -0.1) is 0 Å². The van der Waals surface area contributed by atoms with E-state index >= 15 is 0 Å². The fraction of sp³-hybridized carbons (Fsp3) is 0.133. The molecule has 0 saturated carbocycles. The summed E-state index contributed by atoms with van der Waals surface area (Å²) in [5.41, 5.74) is 7.84. The maximum atomic E-state index is 11.2. The van der Waals surface area contributed by atoms with Crippen LogP contribution in [0.4, 0.5) is 5.69 Å². The minimum atomic E-state index is -0.419. The number of carbonyl (C=O) groups excluding carboxylic acids is 1. The second kappa shape index (κ2) is 5.76. The molecule has 19 heavy (non-hydrogen) atoms. The van der Waals surface area contributed by atoms with E-state index in [2.05, 4.69) is 0 Å². The maximum Gasteiger partial charge on any atom is 0.248 e. The summed E-state index contributed by atoms with van der Waals surface area (Å²) in [5, 5.41) is 0.719. The summed E-state index contributed by atoms with van der Waals surface area (Å²) in [4.78, 5) is 13.2. The lowest BCUT2D eigenvalue weighted by Crippen LogP contribution is -2.18. The van der Waals surface area contributed by atoms with Crippen molar-refractivity contribution < 1.29 is 4.79 Å². The number of primary amides is 1. The van der Waals surface area contributed by atoms with Crippen molar-refractivity contribution >= 4 is 23.2 Å². The van der Waals surface area contributed by atoms with Gasteiger partial charge in [-0.05, 0) is 35.9 Å². The van der Waals surface area contributed by atoms with Crippen LogP contribution in [-0.4, -0.2) is 13.0 Å². The number of halogens is 1. The van der Waals surface area contributed by atoms with Gasteiger partial charge in [0.25, 0.3) is 0 Å². The summed E-state index contributed by atoms with van der Waals surface area (Å²) in [6.07, 6.45) is 0. The second-order valence-corrected chi connectivity index (χ2v) is 4.84. The van der Waals surface area contributed by atoms with Crippen molar-refractivity contribution in [2.24, 2.45) is 5.73 Å². The van der Waals surface area contributed by atoms with Crippen LogP contribution in [0.3, 0.4) is 0 Å². The summed E-state index contributed by atoms with van der Waals surface area (Å²) >= 11 is 5.96. The molecule has 98 valence electrons. The average molecular weight is 275 g/mol. The molecule has 0 heterocycles. The number of benzene rings is 2. The molecule has 0 aliphatic carbocycles. The maximum absolute atomic E-state index is 11.2. The van der Waals surface area contributed by atoms with E-state index in [1.165, 1.54) is 0 Å². The largest absolute Gasteiger partial charge is 0.370 e. The van der Waals surface area contributed by atoms with E-state index in [-0.39, 0.29) is 0 Å². The van der Waals surface area contributed by atoms with E-state index in [4.69, 9.17) is 17.3 Å². The van der Waals surface area contributed by atoms with Gasteiger partial charge in [0.15, 0.2) is 0 Å². The lowest BCUT2D eigenvalue weighted by Gasteiger charge is -2.20. The molecule has 2 rings (SSSR count). The number of nitrogens with zero attached hydrogens (tertiary/aromatic N) is 1. The van der Waals surface area contributed by atoms with Crippen LogP contribution < -0.4 is 10.6 Å². The molecule has 3 nitrogen and oxygen atoms in total. The van der Waals surface area contributed by atoms with Gasteiger partial charge >= 0.3 is 0 Å². The monoisotopic (exact) mass is 274 g/mol. The molecule has 0 radical (unpaired) electrons. The zero-order valence-corrected chi connectivity index (χ0v) is 11.4. The van der Waals surface area contributed by atoms with Crippen molar-refractivity contribution in [3.63, 3.8) is 0 Å². The van der Waals surface area contributed by atoms with Gasteiger partial charge in [-0.25, -0.2) is 0 Å². The number of nitrogens with two attached hydrogens (primary N) is 1. The number of hydrogen-bond donors (Lipinski definition) is 1. The van der Waals surface area contributed by atoms with Crippen LogP contribution in [0.25, 0.3) is 0 Å². The van der Waals surface area contributed by atoms with E-state index in [9.17, 15) is 4.79 Å². The topological polar surface area (TPSA) is 46.3 Å². The van der Waals surface area contributed by atoms with Gasteiger partial charge in [0, 0.05) is 29.9 Å². The van der Waals surface area contributed by atoms with Crippen molar-refractivity contribution in [1.29, 1.82) is 0 Å². The molecule has 2 N–H and O–H groups in total. The smallest absolute Gasteiger partial charge is 0.248 e. The molecule has 2 aromatic carbocycles. The first-order valence-electron chi connectivity index (χ1n) is 5.92. The molecule has 0 fully saturated rings. The van der Waals surface area contributed by atoms with Crippen molar-refractivity contribution in [3.05, 3.63) is 64.7 Å². The Labute approximate surface area is 117 Å².